The number of nitro groups is 1. The average molecular weight is 181 g/mol. The topological polar surface area (TPSA) is 95.3 Å². The molecule has 1 aromatic rings. The van der Waals surface area contributed by atoms with Gasteiger partial charge in [-0.1, -0.05) is 0 Å². The Kier molecular flexibility index (Phi) is 2.56. The van der Waals surface area contributed by atoms with Crippen molar-refractivity contribution in [2.24, 2.45) is 0 Å². The van der Waals surface area contributed by atoms with Gasteiger partial charge in [-0.2, -0.15) is 0 Å². The SMILES string of the molecule is O=C(N[O-])c1ccc([N+](=O)[O-])cc1. The zero-order valence-corrected chi connectivity index (χ0v) is 6.39. The van der Waals surface area contributed by atoms with E-state index in [0.29, 0.717) is 0 Å². The van der Waals surface area contributed by atoms with Gasteiger partial charge in [-0.15, -0.1) is 0 Å². The molecule has 0 spiro atoms. The maximum Gasteiger partial charge on any atom is 0.269 e. The molecule has 1 aromatic carbocycles. The lowest BCUT2D eigenvalue weighted by Crippen LogP contribution is -2.15. The molecule has 1 amide bonds. The monoisotopic (exact) mass is 181 g/mol. The molecule has 0 aliphatic rings. The van der Waals surface area contributed by atoms with Crippen molar-refractivity contribution in [3.8, 4) is 0 Å². The molecule has 0 saturated heterocycles. The molecular formula is C7H5N2O4-. The van der Waals surface area contributed by atoms with E-state index < -0.39 is 10.8 Å². The van der Waals surface area contributed by atoms with E-state index in [1.54, 1.807) is 0 Å². The number of hydrogen-bond acceptors (Lipinski definition) is 4. The van der Waals surface area contributed by atoms with E-state index in [0.717, 1.165) is 12.1 Å². The van der Waals surface area contributed by atoms with E-state index in [2.05, 4.69) is 0 Å². The minimum Gasteiger partial charge on any atom is -0.759 e. The molecule has 0 heterocycles. The van der Waals surface area contributed by atoms with Crippen molar-refractivity contribution >= 4 is 11.6 Å². The van der Waals surface area contributed by atoms with Crippen molar-refractivity contribution in [2.45, 2.75) is 0 Å². The Hall–Kier alpha value is -1.95. The number of non-ortho nitro benzene ring substituents is 1. The second kappa shape index (κ2) is 3.63. The quantitative estimate of drug-likeness (QED) is 0.539. The van der Waals surface area contributed by atoms with Gasteiger partial charge in [-0.05, 0) is 12.1 Å². The molecule has 0 radical (unpaired) electrons. The van der Waals surface area contributed by atoms with Crippen LogP contribution in [0.4, 0.5) is 5.69 Å². The summed E-state index contributed by atoms with van der Waals surface area (Å²) in [6.07, 6.45) is 0. The van der Waals surface area contributed by atoms with Crippen molar-refractivity contribution in [3.63, 3.8) is 0 Å². The van der Waals surface area contributed by atoms with E-state index >= 15 is 0 Å². The Labute approximate surface area is 72.9 Å². The summed E-state index contributed by atoms with van der Waals surface area (Å²) in [6, 6.07) is 4.74. The van der Waals surface area contributed by atoms with Gasteiger partial charge in [0.15, 0.2) is 0 Å². The zero-order chi connectivity index (χ0) is 9.84. The van der Waals surface area contributed by atoms with Crippen molar-refractivity contribution in [2.75, 3.05) is 0 Å². The third-order valence-electron chi connectivity index (χ3n) is 1.43. The molecule has 0 atom stereocenters. The van der Waals surface area contributed by atoms with E-state index in [9.17, 15) is 20.1 Å². The van der Waals surface area contributed by atoms with Crippen LogP contribution in [0.2, 0.25) is 0 Å². The first kappa shape index (κ1) is 9.14. The van der Waals surface area contributed by atoms with Gasteiger partial charge in [0.05, 0.1) is 4.92 Å². The highest BCUT2D eigenvalue weighted by molar-refractivity contribution is 5.94. The van der Waals surface area contributed by atoms with Crippen molar-refractivity contribution in [1.82, 2.24) is 5.48 Å². The highest BCUT2D eigenvalue weighted by Crippen LogP contribution is 2.11. The number of carbonyl (C=O) groups excluding carboxylic acids is 1. The first-order valence-corrected chi connectivity index (χ1v) is 3.32. The number of amides is 1. The van der Waals surface area contributed by atoms with Crippen LogP contribution in [0.25, 0.3) is 0 Å². The lowest BCUT2D eigenvalue weighted by atomic mass is 10.2. The fourth-order valence-corrected chi connectivity index (χ4v) is 0.793. The highest BCUT2D eigenvalue weighted by Gasteiger charge is 2.06. The molecule has 0 saturated carbocycles. The van der Waals surface area contributed by atoms with Crippen LogP contribution in [0.3, 0.4) is 0 Å². The van der Waals surface area contributed by atoms with Crippen molar-refractivity contribution in [3.05, 3.63) is 45.2 Å². The van der Waals surface area contributed by atoms with Crippen LogP contribution in [0, 0.1) is 15.3 Å². The van der Waals surface area contributed by atoms with Crippen molar-refractivity contribution in [1.29, 1.82) is 0 Å². The second-order valence-corrected chi connectivity index (χ2v) is 2.24. The summed E-state index contributed by atoms with van der Waals surface area (Å²) in [5.41, 5.74) is 1.15. The first-order valence-electron chi connectivity index (χ1n) is 3.32. The lowest BCUT2D eigenvalue weighted by molar-refractivity contribution is -0.384. The molecule has 13 heavy (non-hydrogen) atoms. The normalized spacial score (nSPS) is 9.31. The minimum absolute atomic E-state index is 0.0978. The number of nitrogens with one attached hydrogen (secondary N) is 1. The van der Waals surface area contributed by atoms with Gasteiger partial charge in [0.25, 0.3) is 5.69 Å². The number of nitro benzene ring substituents is 1. The molecule has 6 nitrogen and oxygen atoms in total. The predicted molar refractivity (Wildman–Crippen MR) is 43.9 cm³/mol. The number of benzene rings is 1. The molecule has 0 unspecified atom stereocenters. The molecule has 0 bridgehead atoms. The van der Waals surface area contributed by atoms with Gasteiger partial charge < -0.3 is 10.7 Å². The van der Waals surface area contributed by atoms with E-state index in [1.165, 1.54) is 17.6 Å². The van der Waals surface area contributed by atoms with Crippen LogP contribution in [-0.2, 0) is 0 Å². The standard InChI is InChI=1S/C7H5N2O4/c10-7(8-11)5-1-3-6(4-2-5)9(12)13/h1-4H,(H-,8,10,11)/q-1. The second-order valence-electron chi connectivity index (χ2n) is 2.24. The summed E-state index contributed by atoms with van der Waals surface area (Å²) < 4.78 is 0. The van der Waals surface area contributed by atoms with E-state index in [-0.39, 0.29) is 11.3 Å². The van der Waals surface area contributed by atoms with Crippen LogP contribution in [0.5, 0.6) is 0 Å². The first-order chi connectivity index (χ1) is 6.15. The van der Waals surface area contributed by atoms with Crippen LogP contribution in [-0.4, -0.2) is 10.8 Å². The van der Waals surface area contributed by atoms with E-state index in [1.807, 2.05) is 0 Å². The van der Waals surface area contributed by atoms with Gasteiger partial charge in [0.1, 0.15) is 0 Å². The third-order valence-corrected chi connectivity index (χ3v) is 1.43. The Balaban J connectivity index is 2.93. The summed E-state index contributed by atoms with van der Waals surface area (Å²) in [5.74, 6) is -0.810. The number of nitrogens with zero attached hydrogens (tertiary/aromatic N) is 1. The van der Waals surface area contributed by atoms with Crippen LogP contribution in [0.15, 0.2) is 24.3 Å². The smallest absolute Gasteiger partial charge is 0.269 e. The lowest BCUT2D eigenvalue weighted by Gasteiger charge is -2.05. The van der Waals surface area contributed by atoms with Crippen molar-refractivity contribution < 1.29 is 9.72 Å². The maximum absolute atomic E-state index is 10.7. The van der Waals surface area contributed by atoms with Gasteiger partial charge in [-0.25, -0.2) is 0 Å². The number of hydrogen-bond donors (Lipinski definition) is 1. The number of carbonyl (C=O) groups is 1. The molecule has 1 rings (SSSR count). The largest absolute Gasteiger partial charge is 0.759 e. The van der Waals surface area contributed by atoms with Gasteiger partial charge in [0, 0.05) is 17.7 Å². The highest BCUT2D eigenvalue weighted by atomic mass is 16.6. The molecule has 68 valence electrons. The summed E-state index contributed by atoms with van der Waals surface area (Å²) >= 11 is 0. The van der Waals surface area contributed by atoms with Crippen LogP contribution >= 0.6 is 0 Å². The minimum atomic E-state index is -0.810. The predicted octanol–water partition coefficient (Wildman–Crippen LogP) is 0.822. The van der Waals surface area contributed by atoms with Crippen LogP contribution in [0.1, 0.15) is 10.4 Å². The summed E-state index contributed by atoms with van der Waals surface area (Å²) in [5, 5.41) is 20.1. The van der Waals surface area contributed by atoms with Gasteiger partial charge >= 0.3 is 0 Å². The Morgan fingerprint density at radius 3 is 2.23 bits per heavy atom. The Morgan fingerprint density at radius 2 is 1.85 bits per heavy atom. The average Bonchev–Trinajstić information content (AvgIpc) is 2.17. The van der Waals surface area contributed by atoms with Gasteiger partial charge in [0.2, 0.25) is 5.91 Å². The number of hydroxylamine groups is 1. The van der Waals surface area contributed by atoms with Gasteiger partial charge in [-0.3, -0.25) is 14.9 Å². The molecule has 0 aliphatic carbocycles. The zero-order valence-electron chi connectivity index (χ0n) is 6.39. The fraction of sp³-hybridized carbons (Fsp3) is 0. The summed E-state index contributed by atoms with van der Waals surface area (Å²) in [4.78, 5) is 20.3. The molecule has 0 aliphatic heterocycles. The maximum atomic E-state index is 10.7. The molecule has 1 N–H and O–H groups in total. The number of rotatable bonds is 2. The Bertz CT molecular complexity index is 333. The molecule has 6 heteroatoms. The molecular weight excluding hydrogens is 176 g/mol. The summed E-state index contributed by atoms with van der Waals surface area (Å²) in [7, 11) is 0. The van der Waals surface area contributed by atoms with Crippen LogP contribution < -0.4 is 5.48 Å². The fourth-order valence-electron chi connectivity index (χ4n) is 0.793. The Morgan fingerprint density at radius 1 is 1.31 bits per heavy atom. The van der Waals surface area contributed by atoms with E-state index in [4.69, 9.17) is 0 Å². The third kappa shape index (κ3) is 2.00. The molecule has 0 fully saturated rings. The summed E-state index contributed by atoms with van der Waals surface area (Å²) in [6.45, 7) is 0. The molecule has 0 aromatic heterocycles.